The maximum absolute atomic E-state index is 11.3. The third kappa shape index (κ3) is 1.91. The van der Waals surface area contributed by atoms with E-state index in [9.17, 15) is 4.79 Å². The third-order valence-electron chi connectivity index (χ3n) is 3.24. The molecule has 0 aromatic carbocycles. The number of nitrogens with zero attached hydrogens (tertiary/aromatic N) is 1. The number of nitrogens with two attached hydrogens (primary N) is 1. The second-order valence-corrected chi connectivity index (χ2v) is 4.14. The van der Waals surface area contributed by atoms with E-state index in [2.05, 4.69) is 4.90 Å². The molecule has 2 rings (SSSR count). The number of carbonyl (C=O) groups excluding carboxylic acids is 1. The fourth-order valence-electron chi connectivity index (χ4n) is 2.43. The van der Waals surface area contributed by atoms with Crippen LogP contribution in [0.1, 0.15) is 32.1 Å². The highest BCUT2D eigenvalue weighted by Gasteiger charge is 2.33. The predicted octanol–water partition coefficient (Wildman–Crippen LogP) is 0.463. The summed E-state index contributed by atoms with van der Waals surface area (Å²) in [5.74, 6) is -0.262. The van der Waals surface area contributed by atoms with Gasteiger partial charge < -0.3 is 10.5 Å². The van der Waals surface area contributed by atoms with Gasteiger partial charge in [-0.15, -0.1) is 0 Å². The van der Waals surface area contributed by atoms with Crippen molar-refractivity contribution in [1.29, 1.82) is 0 Å². The number of cyclic esters (lactones) is 1. The molecule has 1 aliphatic heterocycles. The zero-order valence-electron chi connectivity index (χ0n) is 8.45. The molecule has 0 aromatic rings. The van der Waals surface area contributed by atoms with Gasteiger partial charge in [0.1, 0.15) is 6.61 Å². The van der Waals surface area contributed by atoms with Crippen LogP contribution in [0.5, 0.6) is 0 Å². The fraction of sp³-hybridized carbons (Fsp3) is 0.900. The smallest absolute Gasteiger partial charge is 0.338 e. The maximum Gasteiger partial charge on any atom is 0.338 e. The average Bonchev–Trinajstić information content (AvgIpc) is 2.23. The van der Waals surface area contributed by atoms with E-state index in [1.54, 1.807) is 0 Å². The van der Waals surface area contributed by atoms with E-state index in [0.717, 1.165) is 6.54 Å². The molecule has 0 radical (unpaired) electrons. The van der Waals surface area contributed by atoms with Gasteiger partial charge in [0.25, 0.3) is 0 Å². The molecule has 1 saturated carbocycles. The van der Waals surface area contributed by atoms with Crippen LogP contribution in [0.25, 0.3) is 0 Å². The van der Waals surface area contributed by atoms with Gasteiger partial charge in [0.2, 0.25) is 0 Å². The molecule has 2 fully saturated rings. The van der Waals surface area contributed by atoms with E-state index < -0.39 is 6.17 Å². The molecule has 1 aliphatic carbocycles. The van der Waals surface area contributed by atoms with Crippen molar-refractivity contribution in [3.8, 4) is 0 Å². The van der Waals surface area contributed by atoms with Gasteiger partial charge >= 0.3 is 5.97 Å². The van der Waals surface area contributed by atoms with E-state index in [-0.39, 0.29) is 5.97 Å². The predicted molar refractivity (Wildman–Crippen MR) is 52.5 cm³/mol. The lowest BCUT2D eigenvalue weighted by atomic mass is 9.93. The number of hydrogen-bond acceptors (Lipinski definition) is 4. The lowest BCUT2D eigenvalue weighted by Crippen LogP contribution is -2.58. The molecule has 0 spiro atoms. The monoisotopic (exact) mass is 198 g/mol. The normalized spacial score (nSPS) is 31.5. The lowest BCUT2D eigenvalue weighted by Gasteiger charge is -2.39. The van der Waals surface area contributed by atoms with Gasteiger partial charge in [-0.05, 0) is 12.8 Å². The minimum absolute atomic E-state index is 0.262. The first-order chi connectivity index (χ1) is 6.79. The first-order valence-corrected chi connectivity index (χ1v) is 5.47. The average molecular weight is 198 g/mol. The molecule has 0 bridgehead atoms. The van der Waals surface area contributed by atoms with Gasteiger partial charge in [-0.3, -0.25) is 4.90 Å². The largest absolute Gasteiger partial charge is 0.462 e. The molecule has 2 N–H and O–H groups in total. The van der Waals surface area contributed by atoms with Crippen molar-refractivity contribution in [3.63, 3.8) is 0 Å². The highest BCUT2D eigenvalue weighted by molar-refractivity contribution is 5.75. The number of esters is 1. The number of ether oxygens (including phenoxy) is 1. The Kier molecular flexibility index (Phi) is 3.03. The molecule has 1 atom stereocenters. The highest BCUT2D eigenvalue weighted by Crippen LogP contribution is 2.24. The Hall–Kier alpha value is -0.610. The van der Waals surface area contributed by atoms with Crippen LogP contribution in [0, 0.1) is 0 Å². The summed E-state index contributed by atoms with van der Waals surface area (Å²) in [5.41, 5.74) is 5.80. The van der Waals surface area contributed by atoms with E-state index in [1.165, 1.54) is 32.1 Å². The highest BCUT2D eigenvalue weighted by atomic mass is 16.5. The Morgan fingerprint density at radius 1 is 1.29 bits per heavy atom. The van der Waals surface area contributed by atoms with Crippen molar-refractivity contribution in [2.45, 2.75) is 44.3 Å². The number of morpholine rings is 1. The van der Waals surface area contributed by atoms with Crippen molar-refractivity contribution < 1.29 is 9.53 Å². The van der Waals surface area contributed by atoms with Gasteiger partial charge in [0.15, 0.2) is 6.17 Å². The molecule has 2 aliphatic rings. The van der Waals surface area contributed by atoms with Crippen LogP contribution in [-0.4, -0.2) is 36.2 Å². The zero-order chi connectivity index (χ0) is 9.97. The summed E-state index contributed by atoms with van der Waals surface area (Å²) in [5, 5.41) is 0. The molecule has 14 heavy (non-hydrogen) atoms. The first-order valence-electron chi connectivity index (χ1n) is 5.47. The summed E-state index contributed by atoms with van der Waals surface area (Å²) in [7, 11) is 0. The molecule has 0 aromatic heterocycles. The zero-order valence-corrected chi connectivity index (χ0v) is 8.45. The Balaban J connectivity index is 1.97. The SMILES string of the molecule is NC1C(=O)OCCN1C1CCCCC1. The molecular weight excluding hydrogens is 180 g/mol. The lowest BCUT2D eigenvalue weighted by molar-refractivity contribution is -0.159. The summed E-state index contributed by atoms with van der Waals surface area (Å²) in [6, 6.07) is 0.506. The van der Waals surface area contributed by atoms with Gasteiger partial charge in [-0.2, -0.15) is 0 Å². The van der Waals surface area contributed by atoms with Crippen LogP contribution in [0.4, 0.5) is 0 Å². The number of rotatable bonds is 1. The minimum atomic E-state index is -0.521. The van der Waals surface area contributed by atoms with Gasteiger partial charge in [0, 0.05) is 12.6 Å². The van der Waals surface area contributed by atoms with Crippen molar-refractivity contribution in [1.82, 2.24) is 4.90 Å². The quantitative estimate of drug-likeness (QED) is 0.622. The molecule has 0 amide bonds. The van der Waals surface area contributed by atoms with Crippen molar-refractivity contribution in [2.24, 2.45) is 5.73 Å². The molecule has 1 heterocycles. The first kappa shape index (κ1) is 9.93. The van der Waals surface area contributed by atoms with Gasteiger partial charge in [-0.25, -0.2) is 4.79 Å². The summed E-state index contributed by atoms with van der Waals surface area (Å²) >= 11 is 0. The van der Waals surface area contributed by atoms with Crippen LogP contribution in [0.3, 0.4) is 0 Å². The summed E-state index contributed by atoms with van der Waals surface area (Å²) in [6.45, 7) is 1.31. The standard InChI is InChI=1S/C10H18N2O2/c11-9-10(13)14-7-6-12(9)8-4-2-1-3-5-8/h8-9H,1-7,11H2. The number of hydrogen-bond donors (Lipinski definition) is 1. The number of carbonyl (C=O) groups is 1. The van der Waals surface area contributed by atoms with Gasteiger partial charge in [0.05, 0.1) is 0 Å². The Labute approximate surface area is 84.4 Å². The molecule has 4 nitrogen and oxygen atoms in total. The molecule has 80 valence electrons. The van der Waals surface area contributed by atoms with Crippen LogP contribution >= 0.6 is 0 Å². The van der Waals surface area contributed by atoms with Crippen LogP contribution < -0.4 is 5.73 Å². The molecule has 1 unspecified atom stereocenters. The van der Waals surface area contributed by atoms with E-state index in [1.807, 2.05) is 0 Å². The second kappa shape index (κ2) is 4.28. The fourth-order valence-corrected chi connectivity index (χ4v) is 2.43. The second-order valence-electron chi connectivity index (χ2n) is 4.14. The summed E-state index contributed by atoms with van der Waals surface area (Å²) < 4.78 is 4.91. The Morgan fingerprint density at radius 2 is 2.00 bits per heavy atom. The van der Waals surface area contributed by atoms with Crippen LogP contribution in [0.15, 0.2) is 0 Å². The van der Waals surface area contributed by atoms with Crippen LogP contribution in [0.2, 0.25) is 0 Å². The molecule has 4 heteroatoms. The summed E-state index contributed by atoms with van der Waals surface area (Å²) in [4.78, 5) is 13.4. The Bertz CT molecular complexity index is 214. The van der Waals surface area contributed by atoms with Crippen molar-refractivity contribution >= 4 is 5.97 Å². The van der Waals surface area contributed by atoms with E-state index in [4.69, 9.17) is 10.5 Å². The van der Waals surface area contributed by atoms with Gasteiger partial charge in [-0.1, -0.05) is 19.3 Å². The van der Waals surface area contributed by atoms with Crippen LogP contribution in [-0.2, 0) is 9.53 Å². The topological polar surface area (TPSA) is 55.6 Å². The maximum atomic E-state index is 11.3. The van der Waals surface area contributed by atoms with E-state index >= 15 is 0 Å². The Morgan fingerprint density at radius 3 is 2.71 bits per heavy atom. The summed E-state index contributed by atoms with van der Waals surface area (Å²) in [6.07, 6.45) is 5.70. The minimum Gasteiger partial charge on any atom is -0.462 e. The van der Waals surface area contributed by atoms with Crippen molar-refractivity contribution in [3.05, 3.63) is 0 Å². The third-order valence-corrected chi connectivity index (χ3v) is 3.24. The molecular formula is C10H18N2O2. The van der Waals surface area contributed by atoms with Crippen molar-refractivity contribution in [2.75, 3.05) is 13.2 Å². The van der Waals surface area contributed by atoms with E-state index in [0.29, 0.717) is 12.6 Å². The molecule has 1 saturated heterocycles.